The second-order valence-corrected chi connectivity index (χ2v) is 9.13. The summed E-state index contributed by atoms with van der Waals surface area (Å²) >= 11 is 3.76. The zero-order valence-electron chi connectivity index (χ0n) is 16.5. The Balaban J connectivity index is 1.86. The molecule has 0 amide bonds. The number of rotatable bonds is 4. The third-order valence-electron chi connectivity index (χ3n) is 6.08. The molecule has 0 atom stereocenters. The van der Waals surface area contributed by atoms with E-state index >= 15 is 0 Å². The van der Waals surface area contributed by atoms with Crippen LogP contribution in [-0.4, -0.2) is 30.1 Å². The largest absolute Gasteiger partial charge is 0.463 e. The Bertz CT molecular complexity index is 671. The standard InChI is InChI=1S/C21H31BrN2O2/c1-14(2)26-18(25)13-17-15(3)23-16(4)19(22)20(17)24-11-9-21(10-12-24)7-5-6-8-21/h14H,5-13H2,1-4H3. The van der Waals surface area contributed by atoms with Crippen LogP contribution in [0.4, 0.5) is 5.69 Å². The predicted octanol–water partition coefficient (Wildman–Crippen LogP) is 5.12. The van der Waals surface area contributed by atoms with Gasteiger partial charge in [-0.2, -0.15) is 0 Å². The van der Waals surface area contributed by atoms with Crippen LogP contribution in [0.2, 0.25) is 0 Å². The second-order valence-electron chi connectivity index (χ2n) is 8.33. The number of esters is 1. The van der Waals surface area contributed by atoms with E-state index in [-0.39, 0.29) is 18.5 Å². The minimum Gasteiger partial charge on any atom is -0.463 e. The molecule has 5 heteroatoms. The van der Waals surface area contributed by atoms with Crippen molar-refractivity contribution in [3.8, 4) is 0 Å². The fraction of sp³-hybridized carbons (Fsp3) is 0.714. The van der Waals surface area contributed by atoms with Crippen LogP contribution < -0.4 is 4.90 Å². The van der Waals surface area contributed by atoms with Crippen molar-refractivity contribution < 1.29 is 9.53 Å². The van der Waals surface area contributed by atoms with E-state index in [4.69, 9.17) is 4.74 Å². The van der Waals surface area contributed by atoms with Gasteiger partial charge in [-0.05, 0) is 74.7 Å². The molecular weight excluding hydrogens is 392 g/mol. The minimum absolute atomic E-state index is 0.0923. The molecule has 0 unspecified atom stereocenters. The van der Waals surface area contributed by atoms with Crippen LogP contribution >= 0.6 is 15.9 Å². The van der Waals surface area contributed by atoms with Crippen molar-refractivity contribution in [2.75, 3.05) is 18.0 Å². The Labute approximate surface area is 165 Å². The number of nitrogens with zero attached hydrogens (tertiary/aromatic N) is 2. The maximum absolute atomic E-state index is 12.3. The number of aromatic nitrogens is 1. The molecule has 3 rings (SSSR count). The highest BCUT2D eigenvalue weighted by atomic mass is 79.9. The molecule has 0 aromatic carbocycles. The Hall–Kier alpha value is -1.10. The Morgan fingerprint density at radius 2 is 1.77 bits per heavy atom. The van der Waals surface area contributed by atoms with Crippen molar-refractivity contribution in [3.63, 3.8) is 0 Å². The van der Waals surface area contributed by atoms with E-state index in [2.05, 4.69) is 25.8 Å². The Morgan fingerprint density at radius 3 is 2.35 bits per heavy atom. The van der Waals surface area contributed by atoms with Crippen LogP contribution in [-0.2, 0) is 16.0 Å². The molecule has 144 valence electrons. The van der Waals surface area contributed by atoms with Crippen molar-refractivity contribution in [2.24, 2.45) is 5.41 Å². The normalized spacial score (nSPS) is 19.4. The van der Waals surface area contributed by atoms with Gasteiger partial charge in [-0.15, -0.1) is 0 Å². The highest BCUT2D eigenvalue weighted by Gasteiger charge is 2.38. The maximum atomic E-state index is 12.3. The molecule has 1 saturated heterocycles. The van der Waals surface area contributed by atoms with Crippen LogP contribution in [0, 0.1) is 19.3 Å². The quantitative estimate of drug-likeness (QED) is 0.631. The van der Waals surface area contributed by atoms with E-state index < -0.39 is 0 Å². The van der Waals surface area contributed by atoms with E-state index in [9.17, 15) is 4.79 Å². The lowest BCUT2D eigenvalue weighted by Crippen LogP contribution is -2.40. The average molecular weight is 423 g/mol. The topological polar surface area (TPSA) is 42.4 Å². The number of aryl methyl sites for hydroxylation is 2. The number of ether oxygens (including phenoxy) is 1. The third kappa shape index (κ3) is 4.08. The van der Waals surface area contributed by atoms with Crippen LogP contribution in [0.5, 0.6) is 0 Å². The van der Waals surface area contributed by atoms with Crippen molar-refractivity contribution in [1.82, 2.24) is 4.98 Å². The van der Waals surface area contributed by atoms with Gasteiger partial charge in [-0.1, -0.05) is 12.8 Å². The van der Waals surface area contributed by atoms with Gasteiger partial charge < -0.3 is 9.64 Å². The van der Waals surface area contributed by atoms with Crippen molar-refractivity contribution in [1.29, 1.82) is 0 Å². The molecule has 2 fully saturated rings. The fourth-order valence-electron chi connectivity index (χ4n) is 4.66. The summed E-state index contributed by atoms with van der Waals surface area (Å²) in [7, 11) is 0. The minimum atomic E-state index is -0.175. The van der Waals surface area contributed by atoms with Gasteiger partial charge in [0.2, 0.25) is 0 Å². The number of carbonyl (C=O) groups is 1. The molecule has 1 aromatic heterocycles. The summed E-state index contributed by atoms with van der Waals surface area (Å²) in [5, 5.41) is 0. The third-order valence-corrected chi connectivity index (χ3v) is 7.03. The van der Waals surface area contributed by atoms with Gasteiger partial charge >= 0.3 is 5.97 Å². The first-order chi connectivity index (χ1) is 12.3. The summed E-state index contributed by atoms with van der Waals surface area (Å²) in [5.41, 5.74) is 4.66. The second kappa shape index (κ2) is 7.87. The molecule has 26 heavy (non-hydrogen) atoms. The highest BCUT2D eigenvalue weighted by Crippen LogP contribution is 2.48. The molecule has 4 nitrogen and oxygen atoms in total. The van der Waals surface area contributed by atoms with Crippen molar-refractivity contribution >= 4 is 27.6 Å². The van der Waals surface area contributed by atoms with E-state index in [1.54, 1.807) is 0 Å². The van der Waals surface area contributed by atoms with Gasteiger partial charge in [-0.25, -0.2) is 0 Å². The smallest absolute Gasteiger partial charge is 0.310 e. The Kier molecular flexibility index (Phi) is 5.95. The summed E-state index contributed by atoms with van der Waals surface area (Å²) in [6, 6.07) is 0. The van der Waals surface area contributed by atoms with Crippen molar-refractivity contribution in [3.05, 3.63) is 21.4 Å². The lowest BCUT2D eigenvalue weighted by molar-refractivity contribution is -0.146. The van der Waals surface area contributed by atoms with Crippen LogP contribution in [0.15, 0.2) is 4.47 Å². The summed E-state index contributed by atoms with van der Waals surface area (Å²) in [6.07, 6.45) is 8.28. The molecule has 1 aliphatic carbocycles. The first-order valence-corrected chi connectivity index (χ1v) is 10.7. The highest BCUT2D eigenvalue weighted by molar-refractivity contribution is 9.10. The monoisotopic (exact) mass is 422 g/mol. The zero-order valence-corrected chi connectivity index (χ0v) is 18.1. The first-order valence-electron chi connectivity index (χ1n) is 9.91. The zero-order chi connectivity index (χ0) is 18.9. The molecule has 1 aromatic rings. The van der Waals surface area contributed by atoms with Gasteiger partial charge in [0.1, 0.15) is 0 Å². The summed E-state index contributed by atoms with van der Waals surface area (Å²) in [6.45, 7) is 9.94. The summed E-state index contributed by atoms with van der Waals surface area (Å²) < 4.78 is 6.42. The van der Waals surface area contributed by atoms with E-state index in [1.165, 1.54) is 38.5 Å². The van der Waals surface area contributed by atoms with Gasteiger partial charge in [0.05, 0.1) is 28.4 Å². The average Bonchev–Trinajstić information content (AvgIpc) is 3.02. The number of hydrogen-bond acceptors (Lipinski definition) is 4. The number of anilines is 1. The van der Waals surface area contributed by atoms with Gasteiger partial charge in [-0.3, -0.25) is 9.78 Å². The van der Waals surface area contributed by atoms with Gasteiger partial charge in [0.25, 0.3) is 0 Å². The van der Waals surface area contributed by atoms with E-state index in [0.29, 0.717) is 5.41 Å². The first kappa shape index (κ1) is 19.7. The number of halogens is 1. The predicted molar refractivity (Wildman–Crippen MR) is 109 cm³/mol. The molecule has 1 saturated carbocycles. The van der Waals surface area contributed by atoms with Gasteiger partial charge in [0, 0.05) is 24.3 Å². The molecule has 1 spiro atoms. The fourth-order valence-corrected chi connectivity index (χ4v) is 5.24. The van der Waals surface area contributed by atoms with Crippen LogP contribution in [0.25, 0.3) is 0 Å². The van der Waals surface area contributed by atoms with Crippen molar-refractivity contribution in [2.45, 2.75) is 78.7 Å². The van der Waals surface area contributed by atoms with Gasteiger partial charge in [0.15, 0.2) is 0 Å². The number of piperidine rings is 1. The summed E-state index contributed by atoms with van der Waals surface area (Å²) in [5.74, 6) is -0.175. The summed E-state index contributed by atoms with van der Waals surface area (Å²) in [4.78, 5) is 19.4. The lowest BCUT2D eigenvalue weighted by Gasteiger charge is -2.41. The maximum Gasteiger partial charge on any atom is 0.310 e. The number of carbonyl (C=O) groups excluding carboxylic acids is 1. The number of pyridine rings is 1. The Morgan fingerprint density at radius 1 is 1.15 bits per heavy atom. The molecular formula is C21H31BrN2O2. The number of hydrogen-bond donors (Lipinski definition) is 0. The van der Waals surface area contributed by atoms with E-state index in [1.807, 2.05) is 27.7 Å². The molecule has 1 aliphatic heterocycles. The van der Waals surface area contributed by atoms with Crippen LogP contribution in [0.3, 0.4) is 0 Å². The van der Waals surface area contributed by atoms with E-state index in [0.717, 1.165) is 40.2 Å². The molecule has 0 N–H and O–H groups in total. The molecule has 2 aliphatic rings. The lowest BCUT2D eigenvalue weighted by atomic mass is 9.77. The molecule has 2 heterocycles. The SMILES string of the molecule is Cc1nc(C)c(CC(=O)OC(C)C)c(N2CCC3(CCCC3)CC2)c1Br. The van der Waals surface area contributed by atoms with Crippen LogP contribution in [0.1, 0.15) is 69.3 Å². The molecule has 0 radical (unpaired) electrons. The molecule has 0 bridgehead atoms.